The fourth-order valence-electron chi connectivity index (χ4n) is 4.36. The summed E-state index contributed by atoms with van der Waals surface area (Å²) in [4.78, 5) is 24.9. The van der Waals surface area contributed by atoms with E-state index in [2.05, 4.69) is 0 Å². The molecule has 0 aromatic carbocycles. The Morgan fingerprint density at radius 1 is 0.909 bits per heavy atom. The molecular formula is C16H24O6. The number of ether oxygens (including phenoxy) is 4. The van der Waals surface area contributed by atoms with Crippen LogP contribution in [0.2, 0.25) is 0 Å². The average molecular weight is 312 g/mol. The number of esters is 2. The van der Waals surface area contributed by atoms with Gasteiger partial charge < -0.3 is 18.9 Å². The summed E-state index contributed by atoms with van der Waals surface area (Å²) in [5.74, 6) is -0.876. The van der Waals surface area contributed by atoms with Crippen LogP contribution in [0.15, 0.2) is 0 Å². The van der Waals surface area contributed by atoms with Gasteiger partial charge >= 0.3 is 11.9 Å². The molecule has 0 aromatic heterocycles. The summed E-state index contributed by atoms with van der Waals surface area (Å²) in [6.45, 7) is 5.29. The summed E-state index contributed by atoms with van der Waals surface area (Å²) in [5.41, 5.74) is -1.14. The maximum Gasteiger partial charge on any atom is 0.323 e. The molecule has 1 saturated heterocycles. The first-order valence-corrected chi connectivity index (χ1v) is 8.17. The van der Waals surface area contributed by atoms with Crippen molar-refractivity contribution >= 4 is 11.9 Å². The minimum Gasteiger partial charge on any atom is -0.465 e. The first-order chi connectivity index (χ1) is 10.6. The highest BCUT2D eigenvalue weighted by molar-refractivity contribution is 6.00. The van der Waals surface area contributed by atoms with Crippen molar-refractivity contribution in [3.05, 3.63) is 0 Å². The van der Waals surface area contributed by atoms with Crippen molar-refractivity contribution in [2.45, 2.75) is 45.3 Å². The van der Waals surface area contributed by atoms with Gasteiger partial charge in [0, 0.05) is 12.8 Å². The number of fused-ring (bicyclic) bond motifs is 1. The van der Waals surface area contributed by atoms with Crippen LogP contribution in [0.25, 0.3) is 0 Å². The molecule has 0 bridgehead atoms. The zero-order valence-electron chi connectivity index (χ0n) is 13.3. The second kappa shape index (κ2) is 5.81. The zero-order chi connectivity index (χ0) is 15.8. The van der Waals surface area contributed by atoms with Crippen LogP contribution >= 0.6 is 0 Å². The molecule has 6 nitrogen and oxygen atoms in total. The number of hydrogen-bond acceptors (Lipinski definition) is 6. The SMILES string of the molecule is CCOC(=O)C1(C(=O)OCC)C[C@H]2CC3(C[C@H]2C1)OCCO3. The van der Waals surface area contributed by atoms with Gasteiger partial charge in [-0.1, -0.05) is 0 Å². The summed E-state index contributed by atoms with van der Waals surface area (Å²) in [7, 11) is 0. The maximum absolute atomic E-state index is 12.4. The van der Waals surface area contributed by atoms with Gasteiger partial charge in [0.2, 0.25) is 0 Å². The molecule has 124 valence electrons. The molecule has 0 unspecified atom stereocenters. The third-order valence-electron chi connectivity index (χ3n) is 5.18. The van der Waals surface area contributed by atoms with Crippen LogP contribution in [-0.4, -0.2) is 44.2 Å². The second-order valence-corrected chi connectivity index (χ2v) is 6.47. The van der Waals surface area contributed by atoms with Gasteiger partial charge in [0.15, 0.2) is 11.2 Å². The molecule has 0 aromatic rings. The van der Waals surface area contributed by atoms with Gasteiger partial charge in [-0.25, -0.2) is 0 Å². The Morgan fingerprint density at radius 2 is 1.36 bits per heavy atom. The first kappa shape index (κ1) is 15.7. The summed E-state index contributed by atoms with van der Waals surface area (Å²) in [5, 5.41) is 0. The largest absolute Gasteiger partial charge is 0.465 e. The number of carbonyl (C=O) groups is 2. The molecule has 3 fully saturated rings. The predicted molar refractivity (Wildman–Crippen MR) is 75.8 cm³/mol. The summed E-state index contributed by atoms with van der Waals surface area (Å²) in [6.07, 6.45) is 2.45. The van der Waals surface area contributed by atoms with Gasteiger partial charge in [0.05, 0.1) is 26.4 Å². The number of rotatable bonds is 4. The lowest BCUT2D eigenvalue weighted by Gasteiger charge is -2.28. The molecule has 1 spiro atoms. The van der Waals surface area contributed by atoms with Crippen molar-refractivity contribution in [3.8, 4) is 0 Å². The molecule has 22 heavy (non-hydrogen) atoms. The van der Waals surface area contributed by atoms with Crippen molar-refractivity contribution in [1.29, 1.82) is 0 Å². The van der Waals surface area contributed by atoms with E-state index in [0.717, 1.165) is 12.8 Å². The Morgan fingerprint density at radius 3 is 1.77 bits per heavy atom. The monoisotopic (exact) mass is 312 g/mol. The quantitative estimate of drug-likeness (QED) is 0.581. The van der Waals surface area contributed by atoms with Crippen LogP contribution < -0.4 is 0 Å². The molecule has 2 aliphatic carbocycles. The normalized spacial score (nSPS) is 31.2. The minimum absolute atomic E-state index is 0.243. The Bertz CT molecular complexity index is 418. The van der Waals surface area contributed by atoms with Crippen molar-refractivity contribution in [2.75, 3.05) is 26.4 Å². The molecule has 0 N–H and O–H groups in total. The van der Waals surface area contributed by atoms with E-state index in [-0.39, 0.29) is 25.0 Å². The molecule has 1 heterocycles. The van der Waals surface area contributed by atoms with Crippen molar-refractivity contribution in [2.24, 2.45) is 17.3 Å². The first-order valence-electron chi connectivity index (χ1n) is 8.17. The van der Waals surface area contributed by atoms with Crippen molar-refractivity contribution in [1.82, 2.24) is 0 Å². The van der Waals surface area contributed by atoms with E-state index in [1.807, 2.05) is 0 Å². The number of hydrogen-bond donors (Lipinski definition) is 0. The van der Waals surface area contributed by atoms with Gasteiger partial charge in [-0.3, -0.25) is 9.59 Å². The van der Waals surface area contributed by atoms with Crippen LogP contribution in [0.5, 0.6) is 0 Å². The predicted octanol–water partition coefficient (Wildman–Crippen LogP) is 1.66. The highest BCUT2D eigenvalue weighted by Crippen LogP contribution is 2.58. The van der Waals surface area contributed by atoms with Crippen LogP contribution in [0.3, 0.4) is 0 Å². The lowest BCUT2D eigenvalue weighted by atomic mass is 9.83. The third kappa shape index (κ3) is 2.42. The van der Waals surface area contributed by atoms with Crippen molar-refractivity contribution in [3.63, 3.8) is 0 Å². The lowest BCUT2D eigenvalue weighted by molar-refractivity contribution is -0.176. The van der Waals surface area contributed by atoms with Crippen LogP contribution in [-0.2, 0) is 28.5 Å². The van der Waals surface area contributed by atoms with Crippen LogP contribution in [0.1, 0.15) is 39.5 Å². The highest BCUT2D eigenvalue weighted by atomic mass is 16.7. The van der Waals surface area contributed by atoms with Gasteiger partial charge in [0.1, 0.15) is 0 Å². The molecule has 0 amide bonds. The van der Waals surface area contributed by atoms with Crippen molar-refractivity contribution < 1.29 is 28.5 Å². The molecule has 1 aliphatic heterocycles. The van der Waals surface area contributed by atoms with Crippen LogP contribution in [0.4, 0.5) is 0 Å². The smallest absolute Gasteiger partial charge is 0.323 e. The Balaban J connectivity index is 1.77. The topological polar surface area (TPSA) is 71.1 Å². The molecular weight excluding hydrogens is 288 g/mol. The fraction of sp³-hybridized carbons (Fsp3) is 0.875. The maximum atomic E-state index is 12.4. The van der Waals surface area contributed by atoms with E-state index in [1.54, 1.807) is 13.8 Å². The Labute approximate surface area is 130 Å². The van der Waals surface area contributed by atoms with Gasteiger partial charge in [-0.05, 0) is 38.5 Å². The van der Waals surface area contributed by atoms with Gasteiger partial charge in [-0.2, -0.15) is 0 Å². The van der Waals surface area contributed by atoms with Gasteiger partial charge in [0.25, 0.3) is 0 Å². The zero-order valence-corrected chi connectivity index (χ0v) is 13.3. The third-order valence-corrected chi connectivity index (χ3v) is 5.18. The van der Waals surface area contributed by atoms with E-state index in [0.29, 0.717) is 26.1 Å². The molecule has 0 radical (unpaired) electrons. The molecule has 3 aliphatic rings. The van der Waals surface area contributed by atoms with E-state index in [9.17, 15) is 9.59 Å². The second-order valence-electron chi connectivity index (χ2n) is 6.47. The van der Waals surface area contributed by atoms with E-state index < -0.39 is 23.1 Å². The molecule has 2 atom stereocenters. The molecule has 2 saturated carbocycles. The standard InChI is InChI=1S/C16H24O6/c1-3-19-13(17)15(14(18)20-4-2)7-11-9-16(10-12(11)8-15)21-5-6-22-16/h11-12H,3-10H2,1-2H3/t11-,12+. The Kier molecular flexibility index (Phi) is 4.16. The summed E-state index contributed by atoms with van der Waals surface area (Å²) >= 11 is 0. The average Bonchev–Trinajstić information content (AvgIpc) is 3.14. The van der Waals surface area contributed by atoms with E-state index in [1.165, 1.54) is 0 Å². The van der Waals surface area contributed by atoms with E-state index in [4.69, 9.17) is 18.9 Å². The lowest BCUT2D eigenvalue weighted by Crippen LogP contribution is -2.41. The summed E-state index contributed by atoms with van der Waals surface area (Å²) in [6, 6.07) is 0. The molecule has 3 rings (SSSR count). The summed E-state index contributed by atoms with van der Waals surface area (Å²) < 4.78 is 21.9. The van der Waals surface area contributed by atoms with Gasteiger partial charge in [-0.15, -0.1) is 0 Å². The van der Waals surface area contributed by atoms with Crippen LogP contribution in [0, 0.1) is 17.3 Å². The Hall–Kier alpha value is -1.14. The van der Waals surface area contributed by atoms with E-state index >= 15 is 0 Å². The molecule has 6 heteroatoms. The highest BCUT2D eigenvalue weighted by Gasteiger charge is 2.63. The fourth-order valence-corrected chi connectivity index (χ4v) is 4.36. The number of carbonyl (C=O) groups excluding carboxylic acids is 2. The minimum atomic E-state index is -1.14.